The van der Waals surface area contributed by atoms with Gasteiger partial charge < -0.3 is 14.2 Å². The standard InChI is InChI=1S/C60H110O6/c1-4-7-10-13-16-19-22-25-28-29-30-33-35-38-41-44-47-50-53-59(62)65-56-57(66-60(63)54-51-48-45-42-39-36-32-27-24-21-18-15-12-9-6-3)55-64-58(61)52-49-46-43-40-37-34-31-26-23-20-17-14-11-8-5-2/h9,12,15,18,21,24,57H,4-8,10-11,13-14,16-17,19-20,22-23,25-56H2,1-3H3/b12-9-,18-15-,24-21-. The van der Waals surface area contributed by atoms with Crippen LogP contribution in [0.15, 0.2) is 36.5 Å². The molecular formula is C60H110O6. The van der Waals surface area contributed by atoms with Crippen molar-refractivity contribution in [3.05, 3.63) is 36.5 Å². The number of allylic oxidation sites excluding steroid dienone is 6. The number of ether oxygens (including phenoxy) is 3. The van der Waals surface area contributed by atoms with Crippen molar-refractivity contribution in [1.29, 1.82) is 0 Å². The molecule has 0 aliphatic heterocycles. The molecule has 0 N–H and O–H groups in total. The molecule has 0 saturated heterocycles. The lowest BCUT2D eigenvalue weighted by atomic mass is 10.0. The largest absolute Gasteiger partial charge is 0.462 e. The van der Waals surface area contributed by atoms with Gasteiger partial charge in [0, 0.05) is 19.3 Å². The maximum Gasteiger partial charge on any atom is 0.306 e. The summed E-state index contributed by atoms with van der Waals surface area (Å²) in [5.74, 6) is -0.864. The van der Waals surface area contributed by atoms with E-state index in [0.717, 1.165) is 70.6 Å². The Balaban J connectivity index is 4.32. The molecule has 1 unspecified atom stereocenters. The van der Waals surface area contributed by atoms with Crippen LogP contribution >= 0.6 is 0 Å². The van der Waals surface area contributed by atoms with Crippen LogP contribution in [0.4, 0.5) is 0 Å². The lowest BCUT2D eigenvalue weighted by Crippen LogP contribution is -2.30. The van der Waals surface area contributed by atoms with Crippen molar-refractivity contribution in [2.75, 3.05) is 13.2 Å². The molecule has 0 saturated carbocycles. The highest BCUT2D eigenvalue weighted by Gasteiger charge is 2.19. The quantitative estimate of drug-likeness (QED) is 0.0262. The Bertz CT molecular complexity index is 1110. The van der Waals surface area contributed by atoms with Gasteiger partial charge >= 0.3 is 17.9 Å². The van der Waals surface area contributed by atoms with Crippen LogP contribution in [0.25, 0.3) is 0 Å². The van der Waals surface area contributed by atoms with Gasteiger partial charge in [0.05, 0.1) is 0 Å². The van der Waals surface area contributed by atoms with E-state index in [1.165, 1.54) is 199 Å². The van der Waals surface area contributed by atoms with Gasteiger partial charge in [-0.2, -0.15) is 0 Å². The minimum atomic E-state index is -0.774. The van der Waals surface area contributed by atoms with Crippen molar-refractivity contribution in [3.63, 3.8) is 0 Å². The lowest BCUT2D eigenvalue weighted by molar-refractivity contribution is -0.167. The Morgan fingerprint density at radius 2 is 0.591 bits per heavy atom. The Labute approximate surface area is 410 Å². The predicted molar refractivity (Wildman–Crippen MR) is 284 cm³/mol. The molecule has 0 spiro atoms. The van der Waals surface area contributed by atoms with Crippen LogP contribution in [0.2, 0.25) is 0 Å². The molecule has 0 fully saturated rings. The van der Waals surface area contributed by atoms with Gasteiger partial charge in [0.15, 0.2) is 6.10 Å². The molecule has 386 valence electrons. The fourth-order valence-corrected chi connectivity index (χ4v) is 8.62. The van der Waals surface area contributed by atoms with Gasteiger partial charge in [-0.25, -0.2) is 0 Å². The summed E-state index contributed by atoms with van der Waals surface area (Å²) >= 11 is 0. The zero-order valence-corrected chi connectivity index (χ0v) is 44.2. The molecule has 6 nitrogen and oxygen atoms in total. The van der Waals surface area contributed by atoms with Crippen LogP contribution in [0.5, 0.6) is 0 Å². The van der Waals surface area contributed by atoms with Crippen LogP contribution in [0.1, 0.15) is 310 Å². The minimum absolute atomic E-state index is 0.0722. The van der Waals surface area contributed by atoms with Gasteiger partial charge in [0.1, 0.15) is 13.2 Å². The second-order valence-electron chi connectivity index (χ2n) is 19.6. The number of rotatable bonds is 53. The summed E-state index contributed by atoms with van der Waals surface area (Å²) in [4.78, 5) is 38.1. The summed E-state index contributed by atoms with van der Waals surface area (Å²) in [6.07, 6.45) is 65.6. The van der Waals surface area contributed by atoms with E-state index in [2.05, 4.69) is 57.2 Å². The average molecular weight is 928 g/mol. The zero-order valence-electron chi connectivity index (χ0n) is 44.2. The van der Waals surface area contributed by atoms with Crippen LogP contribution in [-0.2, 0) is 28.6 Å². The van der Waals surface area contributed by atoms with E-state index in [-0.39, 0.29) is 31.1 Å². The molecule has 1 atom stereocenters. The third-order valence-corrected chi connectivity index (χ3v) is 13.0. The fourth-order valence-electron chi connectivity index (χ4n) is 8.62. The number of esters is 3. The van der Waals surface area contributed by atoms with Crippen molar-refractivity contribution < 1.29 is 28.6 Å². The molecule has 0 radical (unpaired) electrons. The zero-order chi connectivity index (χ0) is 47.9. The van der Waals surface area contributed by atoms with Gasteiger partial charge in [-0.1, -0.05) is 288 Å². The van der Waals surface area contributed by atoms with Gasteiger partial charge in [-0.15, -0.1) is 0 Å². The topological polar surface area (TPSA) is 78.9 Å². The molecule has 0 aromatic carbocycles. The first-order valence-electron chi connectivity index (χ1n) is 29.0. The maximum atomic E-state index is 12.8. The Morgan fingerprint density at radius 1 is 0.318 bits per heavy atom. The molecule has 0 aromatic heterocycles. The third kappa shape index (κ3) is 52.6. The minimum Gasteiger partial charge on any atom is -0.462 e. The molecule has 0 heterocycles. The number of hydrogen-bond donors (Lipinski definition) is 0. The normalized spacial score (nSPS) is 12.2. The number of unbranched alkanes of at least 4 members (excludes halogenated alkanes) is 38. The van der Waals surface area contributed by atoms with Crippen molar-refractivity contribution in [2.24, 2.45) is 0 Å². The highest BCUT2D eigenvalue weighted by atomic mass is 16.6. The molecule has 0 rings (SSSR count). The van der Waals surface area contributed by atoms with E-state index in [1.54, 1.807) is 0 Å². The predicted octanol–water partition coefficient (Wildman–Crippen LogP) is 19.3. The maximum absolute atomic E-state index is 12.8. The fraction of sp³-hybridized carbons (Fsp3) is 0.850. The Hall–Kier alpha value is -2.37. The average Bonchev–Trinajstić information content (AvgIpc) is 3.31. The molecule has 0 aliphatic rings. The van der Waals surface area contributed by atoms with Crippen LogP contribution in [-0.4, -0.2) is 37.2 Å². The second-order valence-corrected chi connectivity index (χ2v) is 19.6. The molecule has 66 heavy (non-hydrogen) atoms. The Morgan fingerprint density at radius 3 is 0.909 bits per heavy atom. The van der Waals surface area contributed by atoms with Gasteiger partial charge in [0.25, 0.3) is 0 Å². The van der Waals surface area contributed by atoms with E-state index in [0.29, 0.717) is 19.3 Å². The van der Waals surface area contributed by atoms with Crippen LogP contribution < -0.4 is 0 Å². The van der Waals surface area contributed by atoms with Crippen molar-refractivity contribution in [1.82, 2.24) is 0 Å². The smallest absolute Gasteiger partial charge is 0.306 e. The highest BCUT2D eigenvalue weighted by molar-refractivity contribution is 5.71. The van der Waals surface area contributed by atoms with Gasteiger partial charge in [0.2, 0.25) is 0 Å². The lowest BCUT2D eigenvalue weighted by Gasteiger charge is -2.18. The summed E-state index contributed by atoms with van der Waals surface area (Å²) in [6, 6.07) is 0. The summed E-state index contributed by atoms with van der Waals surface area (Å²) < 4.78 is 16.9. The summed E-state index contributed by atoms with van der Waals surface area (Å²) in [5, 5.41) is 0. The van der Waals surface area contributed by atoms with E-state index in [4.69, 9.17) is 14.2 Å². The van der Waals surface area contributed by atoms with Gasteiger partial charge in [-0.3, -0.25) is 14.4 Å². The second kappa shape index (κ2) is 55.2. The van der Waals surface area contributed by atoms with E-state index in [9.17, 15) is 14.4 Å². The van der Waals surface area contributed by atoms with E-state index < -0.39 is 6.10 Å². The number of carbonyl (C=O) groups excluding carboxylic acids is 3. The van der Waals surface area contributed by atoms with Gasteiger partial charge in [-0.05, 0) is 38.5 Å². The first kappa shape index (κ1) is 63.6. The third-order valence-electron chi connectivity index (χ3n) is 13.0. The first-order chi connectivity index (χ1) is 32.5. The van der Waals surface area contributed by atoms with Crippen molar-refractivity contribution >= 4 is 17.9 Å². The van der Waals surface area contributed by atoms with Crippen molar-refractivity contribution in [3.8, 4) is 0 Å². The molecule has 0 bridgehead atoms. The molecular weight excluding hydrogens is 817 g/mol. The monoisotopic (exact) mass is 927 g/mol. The Kier molecular flexibility index (Phi) is 53.2. The molecule has 0 aliphatic carbocycles. The van der Waals surface area contributed by atoms with Crippen molar-refractivity contribution in [2.45, 2.75) is 316 Å². The summed E-state index contributed by atoms with van der Waals surface area (Å²) in [7, 11) is 0. The first-order valence-corrected chi connectivity index (χ1v) is 29.0. The van der Waals surface area contributed by atoms with E-state index >= 15 is 0 Å². The number of carbonyl (C=O) groups is 3. The van der Waals surface area contributed by atoms with E-state index in [1.807, 2.05) is 0 Å². The summed E-state index contributed by atoms with van der Waals surface area (Å²) in [6.45, 7) is 6.55. The highest BCUT2D eigenvalue weighted by Crippen LogP contribution is 2.17. The molecule has 0 amide bonds. The van der Waals surface area contributed by atoms with Crippen LogP contribution in [0, 0.1) is 0 Å². The number of hydrogen-bond acceptors (Lipinski definition) is 6. The molecule has 6 heteroatoms. The summed E-state index contributed by atoms with van der Waals surface area (Å²) in [5.41, 5.74) is 0. The van der Waals surface area contributed by atoms with Crippen LogP contribution in [0.3, 0.4) is 0 Å². The molecule has 0 aromatic rings. The SMILES string of the molecule is CC\C=C/C=C\C=C/CCCCCCCCCC(=O)OC(COC(=O)CCCCCCCCCCCCCCCCC)COC(=O)CCCCCCCCCCCCCCCCCCCC.